The van der Waals surface area contributed by atoms with Crippen molar-refractivity contribution in [1.82, 2.24) is 4.98 Å². The first-order valence-corrected chi connectivity index (χ1v) is 4.77. The van der Waals surface area contributed by atoms with Crippen molar-refractivity contribution in [2.75, 3.05) is 7.11 Å². The molecule has 16 heavy (non-hydrogen) atoms. The number of nitriles is 1. The standard InChI is InChI=1S/C11H12F2N2O/c1-8(3-5-14)11(12,13)9-4-6-15-10(7-9)16-2/h4,6-8H,3H2,1-2H3/t8-/m0/s1. The van der Waals surface area contributed by atoms with Crippen molar-refractivity contribution < 1.29 is 13.5 Å². The monoisotopic (exact) mass is 226 g/mol. The van der Waals surface area contributed by atoms with Crippen molar-refractivity contribution in [2.24, 2.45) is 5.92 Å². The first-order chi connectivity index (χ1) is 7.52. The summed E-state index contributed by atoms with van der Waals surface area (Å²) in [7, 11) is 1.36. The number of methoxy groups -OCH3 is 1. The second-order valence-corrected chi connectivity index (χ2v) is 3.47. The minimum Gasteiger partial charge on any atom is -0.481 e. The van der Waals surface area contributed by atoms with Crippen molar-refractivity contribution in [2.45, 2.75) is 19.3 Å². The lowest BCUT2D eigenvalue weighted by Crippen LogP contribution is -2.23. The van der Waals surface area contributed by atoms with Gasteiger partial charge in [0.25, 0.3) is 5.92 Å². The van der Waals surface area contributed by atoms with E-state index in [1.807, 2.05) is 0 Å². The molecule has 0 N–H and O–H groups in total. The molecule has 5 heteroatoms. The molecule has 0 unspecified atom stereocenters. The molecule has 0 amide bonds. The molecule has 0 spiro atoms. The molecule has 0 saturated heterocycles. The van der Waals surface area contributed by atoms with Gasteiger partial charge in [0.1, 0.15) is 0 Å². The van der Waals surface area contributed by atoms with Gasteiger partial charge in [-0.2, -0.15) is 5.26 Å². The fourth-order valence-electron chi connectivity index (χ4n) is 1.28. The van der Waals surface area contributed by atoms with Gasteiger partial charge in [-0.1, -0.05) is 6.92 Å². The molecule has 0 aromatic carbocycles. The van der Waals surface area contributed by atoms with Gasteiger partial charge in [0.15, 0.2) is 0 Å². The lowest BCUT2D eigenvalue weighted by atomic mass is 9.94. The molecule has 3 nitrogen and oxygen atoms in total. The Bertz CT molecular complexity index is 401. The average molecular weight is 226 g/mol. The van der Waals surface area contributed by atoms with Gasteiger partial charge >= 0.3 is 0 Å². The van der Waals surface area contributed by atoms with Gasteiger partial charge in [0.2, 0.25) is 5.88 Å². The van der Waals surface area contributed by atoms with Gasteiger partial charge < -0.3 is 4.74 Å². The first kappa shape index (κ1) is 12.4. The van der Waals surface area contributed by atoms with Crippen LogP contribution in [-0.2, 0) is 5.92 Å². The van der Waals surface area contributed by atoms with E-state index in [2.05, 4.69) is 4.98 Å². The number of aromatic nitrogens is 1. The van der Waals surface area contributed by atoms with Gasteiger partial charge in [-0.05, 0) is 6.07 Å². The predicted molar refractivity (Wildman–Crippen MR) is 54.1 cm³/mol. The van der Waals surface area contributed by atoms with Gasteiger partial charge in [0, 0.05) is 30.2 Å². The van der Waals surface area contributed by atoms with Crippen LogP contribution >= 0.6 is 0 Å². The predicted octanol–water partition coefficient (Wildman–Crippen LogP) is 2.73. The fourth-order valence-corrected chi connectivity index (χ4v) is 1.28. The van der Waals surface area contributed by atoms with Crippen LogP contribution in [0.5, 0.6) is 5.88 Å². The Morgan fingerprint density at radius 1 is 1.62 bits per heavy atom. The number of hydrogen-bond donors (Lipinski definition) is 0. The zero-order valence-corrected chi connectivity index (χ0v) is 9.08. The van der Waals surface area contributed by atoms with Crippen LogP contribution in [0, 0.1) is 17.2 Å². The molecule has 0 aliphatic heterocycles. The molecular weight excluding hydrogens is 214 g/mol. The molecule has 0 radical (unpaired) electrons. The smallest absolute Gasteiger partial charge is 0.276 e. The molecule has 1 heterocycles. The number of rotatable bonds is 4. The Balaban J connectivity index is 3.01. The van der Waals surface area contributed by atoms with E-state index in [1.165, 1.54) is 32.4 Å². The highest BCUT2D eigenvalue weighted by atomic mass is 19.3. The molecule has 1 aromatic rings. The van der Waals surface area contributed by atoms with Crippen molar-refractivity contribution in [3.8, 4) is 11.9 Å². The Hall–Kier alpha value is -1.70. The number of alkyl halides is 2. The minimum atomic E-state index is -3.05. The van der Waals surface area contributed by atoms with Crippen LogP contribution in [0.15, 0.2) is 18.3 Å². The summed E-state index contributed by atoms with van der Waals surface area (Å²) in [4.78, 5) is 3.76. The zero-order chi connectivity index (χ0) is 12.2. The Morgan fingerprint density at radius 3 is 2.88 bits per heavy atom. The lowest BCUT2D eigenvalue weighted by molar-refractivity contribution is -0.0568. The van der Waals surface area contributed by atoms with Gasteiger partial charge in [-0.3, -0.25) is 0 Å². The SMILES string of the molecule is COc1cc(C(F)(F)[C@@H](C)CC#N)ccn1. The Morgan fingerprint density at radius 2 is 2.31 bits per heavy atom. The second-order valence-electron chi connectivity index (χ2n) is 3.47. The van der Waals surface area contributed by atoms with E-state index in [1.54, 1.807) is 6.07 Å². The summed E-state index contributed by atoms with van der Waals surface area (Å²) in [5.41, 5.74) is -0.179. The molecule has 86 valence electrons. The Labute approximate surface area is 92.7 Å². The third-order valence-corrected chi connectivity index (χ3v) is 2.35. The van der Waals surface area contributed by atoms with Gasteiger partial charge in [0.05, 0.1) is 13.2 Å². The molecule has 1 aromatic heterocycles. The number of hydrogen-bond acceptors (Lipinski definition) is 3. The van der Waals surface area contributed by atoms with Crippen LogP contribution in [-0.4, -0.2) is 12.1 Å². The normalized spacial score (nSPS) is 12.9. The maximum Gasteiger partial charge on any atom is 0.276 e. The van der Waals surface area contributed by atoms with Crippen LogP contribution in [0.25, 0.3) is 0 Å². The van der Waals surface area contributed by atoms with E-state index in [-0.39, 0.29) is 17.9 Å². The third kappa shape index (κ3) is 2.45. The molecule has 0 fully saturated rings. The number of pyridine rings is 1. The average Bonchev–Trinajstić information content (AvgIpc) is 2.29. The van der Waals surface area contributed by atoms with Gasteiger partial charge in [-0.15, -0.1) is 0 Å². The number of halogens is 2. The summed E-state index contributed by atoms with van der Waals surface area (Å²) >= 11 is 0. The van der Waals surface area contributed by atoms with Crippen molar-refractivity contribution in [3.63, 3.8) is 0 Å². The highest BCUT2D eigenvalue weighted by molar-refractivity contribution is 5.25. The van der Waals surface area contributed by atoms with E-state index in [9.17, 15) is 8.78 Å². The van der Waals surface area contributed by atoms with Crippen molar-refractivity contribution in [1.29, 1.82) is 5.26 Å². The molecule has 1 rings (SSSR count). The molecule has 0 bridgehead atoms. The summed E-state index contributed by atoms with van der Waals surface area (Å²) in [5, 5.41) is 8.43. The highest BCUT2D eigenvalue weighted by Crippen LogP contribution is 2.38. The molecule has 0 aliphatic rings. The summed E-state index contributed by atoms with van der Waals surface area (Å²) in [6, 6.07) is 4.17. The fraction of sp³-hybridized carbons (Fsp3) is 0.455. The third-order valence-electron chi connectivity index (χ3n) is 2.35. The number of ether oxygens (including phenoxy) is 1. The molecular formula is C11H12F2N2O. The van der Waals surface area contributed by atoms with Crippen LogP contribution in [0.1, 0.15) is 18.9 Å². The highest BCUT2D eigenvalue weighted by Gasteiger charge is 2.38. The summed E-state index contributed by atoms with van der Waals surface area (Å²) in [6.07, 6.45) is 1.07. The van der Waals surface area contributed by atoms with Crippen LogP contribution < -0.4 is 4.74 Å². The summed E-state index contributed by atoms with van der Waals surface area (Å²) < 4.78 is 32.4. The lowest BCUT2D eigenvalue weighted by Gasteiger charge is -2.22. The van der Waals surface area contributed by atoms with Crippen LogP contribution in [0.3, 0.4) is 0 Å². The largest absolute Gasteiger partial charge is 0.481 e. The van der Waals surface area contributed by atoms with Crippen molar-refractivity contribution >= 4 is 0 Å². The van der Waals surface area contributed by atoms with E-state index in [0.29, 0.717) is 0 Å². The van der Waals surface area contributed by atoms with E-state index >= 15 is 0 Å². The van der Waals surface area contributed by atoms with Crippen LogP contribution in [0.4, 0.5) is 8.78 Å². The van der Waals surface area contributed by atoms with E-state index < -0.39 is 11.8 Å². The maximum absolute atomic E-state index is 13.8. The minimum absolute atomic E-state index is 0.140. The van der Waals surface area contributed by atoms with Crippen molar-refractivity contribution in [3.05, 3.63) is 23.9 Å². The van der Waals surface area contributed by atoms with E-state index in [4.69, 9.17) is 10.00 Å². The van der Waals surface area contributed by atoms with Crippen LogP contribution in [0.2, 0.25) is 0 Å². The molecule has 1 atom stereocenters. The van der Waals surface area contributed by atoms with E-state index in [0.717, 1.165) is 0 Å². The topological polar surface area (TPSA) is 45.9 Å². The second kappa shape index (κ2) is 4.88. The first-order valence-electron chi connectivity index (χ1n) is 4.77. The maximum atomic E-state index is 13.8. The summed E-state index contributed by atoms with van der Waals surface area (Å²) in [5.74, 6) is -3.95. The van der Waals surface area contributed by atoms with Gasteiger partial charge in [-0.25, -0.2) is 13.8 Å². The quantitative estimate of drug-likeness (QED) is 0.792. The number of nitrogens with zero attached hydrogens (tertiary/aromatic N) is 2. The molecule has 0 aliphatic carbocycles. The summed E-state index contributed by atoms with van der Waals surface area (Å²) in [6.45, 7) is 1.34. The Kier molecular flexibility index (Phi) is 3.78. The zero-order valence-electron chi connectivity index (χ0n) is 9.08. The molecule has 0 saturated carbocycles.